The molecule has 0 radical (unpaired) electrons. The van der Waals surface area contributed by atoms with Crippen LogP contribution in [-0.4, -0.2) is 39.6 Å². The molecule has 1 fully saturated rings. The van der Waals surface area contributed by atoms with E-state index in [9.17, 15) is 0 Å². The van der Waals surface area contributed by atoms with E-state index in [0.29, 0.717) is 5.92 Å². The highest BCUT2D eigenvalue weighted by atomic mass is 32.1. The van der Waals surface area contributed by atoms with Gasteiger partial charge in [0.1, 0.15) is 5.01 Å². The predicted molar refractivity (Wildman–Crippen MR) is 68.9 cm³/mol. The summed E-state index contributed by atoms with van der Waals surface area (Å²) in [5.41, 5.74) is 0. The van der Waals surface area contributed by atoms with Crippen molar-refractivity contribution in [1.82, 2.24) is 25.1 Å². The summed E-state index contributed by atoms with van der Waals surface area (Å²) in [7, 11) is 0. The number of hydrogen-bond acceptors (Lipinski definition) is 6. The van der Waals surface area contributed by atoms with Crippen molar-refractivity contribution in [2.24, 2.45) is 0 Å². The lowest BCUT2D eigenvalue weighted by Gasteiger charge is -2.07. The van der Waals surface area contributed by atoms with Gasteiger partial charge in [-0.1, -0.05) is 18.3 Å². The molecule has 1 saturated heterocycles. The molecule has 2 atom stereocenters. The quantitative estimate of drug-likeness (QED) is 0.906. The molecule has 1 aliphatic heterocycles. The largest absolute Gasteiger partial charge is 0.381 e. The second-order valence-corrected chi connectivity index (χ2v) is 5.52. The smallest absolute Gasteiger partial charge is 0.234 e. The standard InChI is InChI=1S/C11H17N5OS/c1-3-12-7(2)10-15-16-9(8-4-5-17-6-8)13-14-11(16)18-10/h7-8,12H,3-6H2,1-2H3. The van der Waals surface area contributed by atoms with Gasteiger partial charge in [0.2, 0.25) is 4.96 Å². The summed E-state index contributed by atoms with van der Waals surface area (Å²) in [5.74, 6) is 1.28. The Hall–Kier alpha value is -1.05. The van der Waals surface area contributed by atoms with Gasteiger partial charge in [-0.05, 0) is 19.9 Å². The van der Waals surface area contributed by atoms with Crippen molar-refractivity contribution in [2.45, 2.75) is 32.2 Å². The van der Waals surface area contributed by atoms with Crippen molar-refractivity contribution in [3.63, 3.8) is 0 Å². The van der Waals surface area contributed by atoms with Crippen LogP contribution in [-0.2, 0) is 4.74 Å². The first-order valence-corrected chi connectivity index (χ1v) is 7.14. The minimum Gasteiger partial charge on any atom is -0.381 e. The molecule has 1 aliphatic rings. The Kier molecular flexibility index (Phi) is 3.27. The lowest BCUT2D eigenvalue weighted by atomic mass is 10.1. The molecule has 2 unspecified atom stereocenters. The van der Waals surface area contributed by atoms with Gasteiger partial charge < -0.3 is 10.1 Å². The fourth-order valence-electron chi connectivity index (χ4n) is 2.21. The molecule has 0 spiro atoms. The van der Waals surface area contributed by atoms with E-state index in [2.05, 4.69) is 34.5 Å². The molecule has 3 rings (SSSR count). The first-order valence-electron chi connectivity index (χ1n) is 6.32. The molecule has 0 saturated carbocycles. The molecule has 98 valence electrons. The average Bonchev–Trinajstić information content (AvgIpc) is 3.04. The molecule has 0 bridgehead atoms. The molecule has 0 amide bonds. The van der Waals surface area contributed by atoms with E-state index >= 15 is 0 Å². The monoisotopic (exact) mass is 267 g/mol. The van der Waals surface area contributed by atoms with Crippen molar-refractivity contribution in [3.8, 4) is 0 Å². The average molecular weight is 267 g/mol. The van der Waals surface area contributed by atoms with Gasteiger partial charge in [-0.15, -0.1) is 10.2 Å². The molecule has 2 aromatic heterocycles. The lowest BCUT2D eigenvalue weighted by Crippen LogP contribution is -2.18. The van der Waals surface area contributed by atoms with Crippen LogP contribution in [0.3, 0.4) is 0 Å². The fourth-order valence-corrected chi connectivity index (χ4v) is 3.08. The van der Waals surface area contributed by atoms with Crippen molar-refractivity contribution in [1.29, 1.82) is 0 Å². The molecule has 1 N–H and O–H groups in total. The number of fused-ring (bicyclic) bond motifs is 1. The summed E-state index contributed by atoms with van der Waals surface area (Å²) in [6, 6.07) is 0.259. The maximum Gasteiger partial charge on any atom is 0.234 e. The van der Waals surface area contributed by atoms with Gasteiger partial charge in [-0.2, -0.15) is 9.61 Å². The van der Waals surface area contributed by atoms with E-state index < -0.39 is 0 Å². The molecule has 3 heterocycles. The molecule has 7 heteroatoms. The highest BCUT2D eigenvalue weighted by molar-refractivity contribution is 7.16. The molecule has 6 nitrogen and oxygen atoms in total. The zero-order chi connectivity index (χ0) is 12.5. The van der Waals surface area contributed by atoms with Gasteiger partial charge in [0, 0.05) is 12.5 Å². The zero-order valence-electron chi connectivity index (χ0n) is 10.6. The molecule has 0 aliphatic carbocycles. The minimum atomic E-state index is 0.259. The van der Waals surface area contributed by atoms with E-state index in [4.69, 9.17) is 4.74 Å². The molecule has 0 aromatic carbocycles. The Labute approximate surface area is 109 Å². The summed E-state index contributed by atoms with van der Waals surface area (Å²) < 4.78 is 7.29. The van der Waals surface area contributed by atoms with E-state index in [1.54, 1.807) is 11.3 Å². The van der Waals surface area contributed by atoms with Crippen molar-refractivity contribution >= 4 is 16.3 Å². The Morgan fingerprint density at radius 3 is 3.17 bits per heavy atom. The molecule has 2 aromatic rings. The van der Waals surface area contributed by atoms with Crippen LogP contribution < -0.4 is 5.32 Å². The van der Waals surface area contributed by atoms with Gasteiger partial charge in [-0.25, -0.2) is 0 Å². The Morgan fingerprint density at radius 2 is 2.44 bits per heavy atom. The second kappa shape index (κ2) is 4.91. The second-order valence-electron chi connectivity index (χ2n) is 4.53. The zero-order valence-corrected chi connectivity index (χ0v) is 11.4. The van der Waals surface area contributed by atoms with E-state index in [0.717, 1.165) is 42.0 Å². The van der Waals surface area contributed by atoms with Crippen LogP contribution in [0.15, 0.2) is 0 Å². The van der Waals surface area contributed by atoms with Crippen molar-refractivity contribution in [2.75, 3.05) is 19.8 Å². The van der Waals surface area contributed by atoms with Crippen LogP contribution in [0.1, 0.15) is 43.1 Å². The highest BCUT2D eigenvalue weighted by Crippen LogP contribution is 2.27. The predicted octanol–water partition coefficient (Wildman–Crippen LogP) is 1.36. The third-order valence-electron chi connectivity index (χ3n) is 3.21. The van der Waals surface area contributed by atoms with Gasteiger partial charge in [-0.3, -0.25) is 0 Å². The number of ether oxygens (including phenoxy) is 1. The summed E-state index contributed by atoms with van der Waals surface area (Å²) >= 11 is 1.60. The number of nitrogens with zero attached hydrogens (tertiary/aromatic N) is 4. The van der Waals surface area contributed by atoms with Crippen molar-refractivity contribution in [3.05, 3.63) is 10.8 Å². The van der Waals surface area contributed by atoms with E-state index in [1.807, 2.05) is 4.52 Å². The molecular weight excluding hydrogens is 250 g/mol. The normalized spacial score (nSPS) is 21.8. The van der Waals surface area contributed by atoms with Crippen molar-refractivity contribution < 1.29 is 4.74 Å². The highest BCUT2D eigenvalue weighted by Gasteiger charge is 2.25. The Balaban J connectivity index is 1.92. The first-order chi connectivity index (χ1) is 8.79. The number of rotatable bonds is 4. The SMILES string of the molecule is CCNC(C)c1nn2c(C3CCOC3)nnc2s1. The number of hydrogen-bond donors (Lipinski definition) is 1. The lowest BCUT2D eigenvalue weighted by molar-refractivity contribution is 0.193. The summed E-state index contributed by atoms with van der Waals surface area (Å²) in [4.78, 5) is 0.872. The van der Waals surface area contributed by atoms with E-state index in [-0.39, 0.29) is 6.04 Å². The third kappa shape index (κ3) is 2.02. The topological polar surface area (TPSA) is 64.3 Å². The van der Waals surface area contributed by atoms with Gasteiger partial charge in [0.15, 0.2) is 5.82 Å². The van der Waals surface area contributed by atoms with Gasteiger partial charge >= 0.3 is 0 Å². The van der Waals surface area contributed by atoms with E-state index in [1.165, 1.54) is 0 Å². The maximum atomic E-state index is 5.40. The fraction of sp³-hybridized carbons (Fsp3) is 0.727. The molecular formula is C11H17N5OS. The van der Waals surface area contributed by atoms with Crippen LogP contribution in [0.2, 0.25) is 0 Å². The summed E-state index contributed by atoms with van der Waals surface area (Å²) in [6.07, 6.45) is 1.01. The minimum absolute atomic E-state index is 0.259. The summed E-state index contributed by atoms with van der Waals surface area (Å²) in [5, 5.41) is 17.5. The Bertz CT molecular complexity index is 531. The van der Waals surface area contributed by atoms with Crippen LogP contribution in [0, 0.1) is 0 Å². The third-order valence-corrected chi connectivity index (χ3v) is 4.29. The maximum absolute atomic E-state index is 5.40. The van der Waals surface area contributed by atoms with Crippen LogP contribution in [0.4, 0.5) is 0 Å². The van der Waals surface area contributed by atoms with Crippen LogP contribution in [0.5, 0.6) is 0 Å². The summed E-state index contributed by atoms with van der Waals surface area (Å²) in [6.45, 7) is 6.69. The van der Waals surface area contributed by atoms with Gasteiger partial charge in [0.05, 0.1) is 12.6 Å². The Morgan fingerprint density at radius 1 is 1.56 bits per heavy atom. The first kappa shape index (κ1) is 12.0. The van der Waals surface area contributed by atoms with Crippen LogP contribution in [0.25, 0.3) is 4.96 Å². The molecule has 18 heavy (non-hydrogen) atoms. The number of aromatic nitrogens is 4. The van der Waals surface area contributed by atoms with Crippen LogP contribution >= 0.6 is 11.3 Å². The number of nitrogens with one attached hydrogen (secondary N) is 1. The van der Waals surface area contributed by atoms with Gasteiger partial charge in [0.25, 0.3) is 0 Å².